The summed E-state index contributed by atoms with van der Waals surface area (Å²) in [5.74, 6) is -0.627. The van der Waals surface area contributed by atoms with E-state index in [1.165, 1.54) is 16.8 Å². The fourth-order valence-corrected chi connectivity index (χ4v) is 3.91. The van der Waals surface area contributed by atoms with Gasteiger partial charge in [-0.2, -0.15) is 5.10 Å². The summed E-state index contributed by atoms with van der Waals surface area (Å²) in [5, 5.41) is 7.18. The number of hydrogen-bond acceptors (Lipinski definition) is 4. The molecule has 0 bridgehead atoms. The van der Waals surface area contributed by atoms with Crippen molar-refractivity contribution in [3.8, 4) is 5.69 Å². The van der Waals surface area contributed by atoms with E-state index >= 15 is 0 Å². The van der Waals surface area contributed by atoms with Gasteiger partial charge in [0.2, 0.25) is 10.0 Å². The molecule has 1 atom stereocenters. The predicted octanol–water partition coefficient (Wildman–Crippen LogP) is 1.77. The molecule has 1 aromatic heterocycles. The van der Waals surface area contributed by atoms with Crippen molar-refractivity contribution in [2.24, 2.45) is 0 Å². The lowest BCUT2D eigenvalue weighted by molar-refractivity contribution is 0.428. The Morgan fingerprint density at radius 3 is 2.79 bits per heavy atom. The van der Waals surface area contributed by atoms with Gasteiger partial charge in [-0.3, -0.25) is 0 Å². The van der Waals surface area contributed by atoms with Gasteiger partial charge in [0.25, 0.3) is 0 Å². The number of aromatic nitrogens is 2. The molecule has 6 nitrogen and oxygen atoms in total. The average molecular weight is 375 g/mol. The first-order valence-corrected chi connectivity index (χ1v) is 8.98. The number of piperidine rings is 1. The topological polar surface area (TPSA) is 76.0 Å². The van der Waals surface area contributed by atoms with Gasteiger partial charge in [-0.25, -0.2) is 22.2 Å². The summed E-state index contributed by atoms with van der Waals surface area (Å²) < 4.78 is 43.1. The van der Waals surface area contributed by atoms with Gasteiger partial charge in [0, 0.05) is 18.8 Å². The molecule has 2 aromatic rings. The van der Waals surface area contributed by atoms with Crippen molar-refractivity contribution in [1.82, 2.24) is 19.8 Å². The summed E-state index contributed by atoms with van der Waals surface area (Å²) in [4.78, 5) is -0.0757. The number of sulfonamides is 1. The SMILES string of the molecule is Cc1cnn(-c2ccc(S(=O)(=O)NC3CCCNC3)cc2F)c1.Cl. The second kappa shape index (κ2) is 7.60. The highest BCUT2D eigenvalue weighted by atomic mass is 35.5. The van der Waals surface area contributed by atoms with Crippen molar-refractivity contribution in [2.45, 2.75) is 30.7 Å². The van der Waals surface area contributed by atoms with E-state index < -0.39 is 15.8 Å². The zero-order chi connectivity index (χ0) is 16.4. The van der Waals surface area contributed by atoms with E-state index in [2.05, 4.69) is 15.1 Å². The van der Waals surface area contributed by atoms with Crippen molar-refractivity contribution in [1.29, 1.82) is 0 Å². The summed E-state index contributed by atoms with van der Waals surface area (Å²) in [6.07, 6.45) is 4.98. The van der Waals surface area contributed by atoms with E-state index in [1.807, 2.05) is 6.92 Å². The lowest BCUT2D eigenvalue weighted by Crippen LogP contribution is -2.45. The molecular formula is C15H20ClFN4O2S. The first kappa shape index (κ1) is 18.9. The summed E-state index contributed by atoms with van der Waals surface area (Å²) in [7, 11) is -3.74. The molecule has 0 aliphatic carbocycles. The number of rotatable bonds is 4. The van der Waals surface area contributed by atoms with Crippen LogP contribution in [0, 0.1) is 12.7 Å². The fourth-order valence-electron chi connectivity index (χ4n) is 2.63. The third-order valence-electron chi connectivity index (χ3n) is 3.81. The lowest BCUT2D eigenvalue weighted by Gasteiger charge is -2.23. The Bertz CT molecular complexity index is 804. The van der Waals surface area contributed by atoms with Crippen LogP contribution in [0.25, 0.3) is 5.69 Å². The van der Waals surface area contributed by atoms with E-state index in [1.54, 1.807) is 12.4 Å². The molecule has 1 unspecified atom stereocenters. The normalized spacial score (nSPS) is 18.2. The molecule has 3 rings (SSSR count). The van der Waals surface area contributed by atoms with Gasteiger partial charge in [0.05, 0.1) is 11.1 Å². The van der Waals surface area contributed by atoms with E-state index in [-0.39, 0.29) is 29.0 Å². The van der Waals surface area contributed by atoms with Crippen LogP contribution in [0.5, 0.6) is 0 Å². The summed E-state index contributed by atoms with van der Waals surface area (Å²) in [6, 6.07) is 3.69. The Balaban J connectivity index is 0.00000208. The number of benzene rings is 1. The van der Waals surface area contributed by atoms with E-state index in [4.69, 9.17) is 0 Å². The smallest absolute Gasteiger partial charge is 0.240 e. The minimum atomic E-state index is -3.74. The van der Waals surface area contributed by atoms with Crippen molar-refractivity contribution in [3.05, 3.63) is 42.0 Å². The second-order valence-corrected chi connectivity index (χ2v) is 7.45. The summed E-state index contributed by atoms with van der Waals surface area (Å²) in [5.41, 5.74) is 1.11. The minimum Gasteiger partial charge on any atom is -0.315 e. The Kier molecular flexibility index (Phi) is 5.97. The molecule has 9 heteroatoms. The Labute approximate surface area is 146 Å². The standard InChI is InChI=1S/C15H19FN4O2S.ClH/c1-11-8-18-20(10-11)15-5-4-13(7-14(15)16)23(21,22)19-12-3-2-6-17-9-12;/h4-5,7-8,10,12,17,19H,2-3,6,9H2,1H3;1H. The van der Waals surface area contributed by atoms with Crippen molar-refractivity contribution < 1.29 is 12.8 Å². The van der Waals surface area contributed by atoms with Crippen LogP contribution in [-0.2, 0) is 10.0 Å². The van der Waals surface area contributed by atoms with Crippen LogP contribution < -0.4 is 10.0 Å². The van der Waals surface area contributed by atoms with Gasteiger partial charge >= 0.3 is 0 Å². The van der Waals surface area contributed by atoms with Crippen LogP contribution in [0.2, 0.25) is 0 Å². The summed E-state index contributed by atoms with van der Waals surface area (Å²) >= 11 is 0. The largest absolute Gasteiger partial charge is 0.315 e. The minimum absolute atomic E-state index is 0. The number of aryl methyl sites for hydroxylation is 1. The molecule has 0 amide bonds. The van der Waals surface area contributed by atoms with Crippen LogP contribution in [0.4, 0.5) is 4.39 Å². The van der Waals surface area contributed by atoms with E-state index in [0.29, 0.717) is 6.54 Å². The van der Waals surface area contributed by atoms with Gasteiger partial charge < -0.3 is 5.32 Å². The molecule has 1 aliphatic heterocycles. The summed E-state index contributed by atoms with van der Waals surface area (Å²) in [6.45, 7) is 3.33. The molecule has 0 radical (unpaired) electrons. The highest BCUT2D eigenvalue weighted by Gasteiger charge is 2.22. The van der Waals surface area contributed by atoms with Crippen LogP contribution in [0.1, 0.15) is 18.4 Å². The van der Waals surface area contributed by atoms with Crippen LogP contribution in [0.15, 0.2) is 35.5 Å². The quantitative estimate of drug-likeness (QED) is 0.855. The molecule has 2 N–H and O–H groups in total. The lowest BCUT2D eigenvalue weighted by atomic mass is 10.1. The molecule has 1 saturated heterocycles. The molecule has 0 saturated carbocycles. The number of halogens is 2. The van der Waals surface area contributed by atoms with Gasteiger partial charge in [-0.15, -0.1) is 12.4 Å². The molecule has 24 heavy (non-hydrogen) atoms. The molecule has 0 spiro atoms. The zero-order valence-electron chi connectivity index (χ0n) is 13.2. The predicted molar refractivity (Wildman–Crippen MR) is 91.7 cm³/mol. The zero-order valence-corrected chi connectivity index (χ0v) is 14.8. The van der Waals surface area contributed by atoms with Crippen LogP contribution in [0.3, 0.4) is 0 Å². The van der Waals surface area contributed by atoms with Crippen molar-refractivity contribution in [3.63, 3.8) is 0 Å². The third-order valence-corrected chi connectivity index (χ3v) is 5.32. The molecular weight excluding hydrogens is 355 g/mol. The first-order chi connectivity index (χ1) is 11.0. The molecule has 1 aliphatic rings. The number of nitrogens with one attached hydrogen (secondary N) is 2. The average Bonchev–Trinajstić information content (AvgIpc) is 2.94. The third kappa shape index (κ3) is 4.13. The maximum Gasteiger partial charge on any atom is 0.240 e. The molecule has 1 aromatic carbocycles. The number of nitrogens with zero attached hydrogens (tertiary/aromatic N) is 2. The van der Waals surface area contributed by atoms with E-state index in [0.717, 1.165) is 31.0 Å². The van der Waals surface area contributed by atoms with Gasteiger partial charge in [-0.1, -0.05) is 0 Å². The second-order valence-electron chi connectivity index (χ2n) is 5.74. The van der Waals surface area contributed by atoms with Crippen molar-refractivity contribution >= 4 is 22.4 Å². The van der Waals surface area contributed by atoms with Crippen LogP contribution >= 0.6 is 12.4 Å². The Morgan fingerprint density at radius 1 is 1.42 bits per heavy atom. The Hall–Kier alpha value is -1.48. The maximum absolute atomic E-state index is 14.3. The van der Waals surface area contributed by atoms with Crippen LogP contribution in [-0.4, -0.2) is 37.3 Å². The molecule has 1 fully saturated rings. The highest BCUT2D eigenvalue weighted by Crippen LogP contribution is 2.19. The van der Waals surface area contributed by atoms with Gasteiger partial charge in [0.1, 0.15) is 11.5 Å². The first-order valence-electron chi connectivity index (χ1n) is 7.50. The van der Waals surface area contributed by atoms with E-state index in [9.17, 15) is 12.8 Å². The monoisotopic (exact) mass is 374 g/mol. The molecule has 2 heterocycles. The van der Waals surface area contributed by atoms with Crippen molar-refractivity contribution in [2.75, 3.05) is 13.1 Å². The highest BCUT2D eigenvalue weighted by molar-refractivity contribution is 7.89. The Morgan fingerprint density at radius 2 is 2.21 bits per heavy atom. The van der Waals surface area contributed by atoms with Gasteiger partial charge in [-0.05, 0) is 50.1 Å². The molecule has 132 valence electrons. The number of hydrogen-bond donors (Lipinski definition) is 2. The fraction of sp³-hybridized carbons (Fsp3) is 0.400. The van der Waals surface area contributed by atoms with Gasteiger partial charge in [0.15, 0.2) is 0 Å². The maximum atomic E-state index is 14.3.